The Balaban J connectivity index is 2.26. The van der Waals surface area contributed by atoms with Crippen LogP contribution in [0, 0.1) is 5.92 Å². The van der Waals surface area contributed by atoms with E-state index >= 15 is 0 Å². The number of aliphatic carboxylic acids is 1. The normalized spacial score (nSPS) is 13.3. The van der Waals surface area contributed by atoms with Crippen LogP contribution in [-0.2, 0) is 25.6 Å². The van der Waals surface area contributed by atoms with Crippen LogP contribution in [0.1, 0.15) is 116 Å². The fraction of sp³-hybridized carbons (Fsp3) is 0.677. The molecule has 39 heavy (non-hydrogen) atoms. The van der Waals surface area contributed by atoms with Crippen LogP contribution in [0.5, 0.6) is 0 Å². The zero-order valence-electron chi connectivity index (χ0n) is 24.1. The molecule has 0 spiro atoms. The number of hydrogen-bond donors (Lipinski definition) is 4. The van der Waals surface area contributed by atoms with E-state index in [-0.39, 0.29) is 24.2 Å². The molecule has 1 aromatic rings. The van der Waals surface area contributed by atoms with Crippen molar-refractivity contribution in [1.29, 1.82) is 0 Å². The van der Waals surface area contributed by atoms with Crippen molar-refractivity contribution in [3.05, 3.63) is 35.9 Å². The summed E-state index contributed by atoms with van der Waals surface area (Å²) < 4.78 is 0. The molecule has 0 aliphatic carbocycles. The van der Waals surface area contributed by atoms with Gasteiger partial charge in [0.15, 0.2) is 0 Å². The Morgan fingerprint density at radius 1 is 0.769 bits per heavy atom. The summed E-state index contributed by atoms with van der Waals surface area (Å²) in [6, 6.07) is 7.83. The lowest BCUT2D eigenvalue weighted by atomic mass is 9.97. The van der Waals surface area contributed by atoms with Gasteiger partial charge in [0.1, 0.15) is 12.1 Å². The Morgan fingerprint density at radius 3 is 1.72 bits per heavy atom. The number of rotatable bonds is 23. The molecular weight excluding hydrogens is 494 g/mol. The molecule has 1 aromatic carbocycles. The van der Waals surface area contributed by atoms with E-state index in [9.17, 15) is 19.2 Å². The molecule has 8 nitrogen and oxygen atoms in total. The minimum Gasteiger partial charge on any atom is -0.481 e. The number of benzene rings is 1. The van der Waals surface area contributed by atoms with Crippen LogP contribution >= 0.6 is 0 Å². The molecule has 8 heteroatoms. The first kappa shape index (κ1) is 34.1. The van der Waals surface area contributed by atoms with E-state index in [0.717, 1.165) is 50.5 Å². The highest BCUT2D eigenvalue weighted by molar-refractivity contribution is 5.91. The quantitative estimate of drug-likeness (QED) is 0.139. The van der Waals surface area contributed by atoms with Gasteiger partial charge in [-0.3, -0.25) is 19.2 Å². The summed E-state index contributed by atoms with van der Waals surface area (Å²) in [6.07, 6.45) is 14.6. The van der Waals surface area contributed by atoms with Gasteiger partial charge in [-0.25, -0.2) is 0 Å². The Hall–Kier alpha value is -2.90. The van der Waals surface area contributed by atoms with E-state index in [1.54, 1.807) is 0 Å². The summed E-state index contributed by atoms with van der Waals surface area (Å²) in [4.78, 5) is 48.1. The van der Waals surface area contributed by atoms with Gasteiger partial charge in [-0.1, -0.05) is 115 Å². The maximum absolute atomic E-state index is 13.0. The lowest BCUT2D eigenvalue weighted by Gasteiger charge is -2.26. The van der Waals surface area contributed by atoms with Crippen LogP contribution in [0.4, 0.5) is 0 Å². The highest BCUT2D eigenvalue weighted by Gasteiger charge is 2.29. The van der Waals surface area contributed by atoms with Gasteiger partial charge in [-0.05, 0) is 24.3 Å². The average Bonchev–Trinajstić information content (AvgIpc) is 2.91. The third-order valence-corrected chi connectivity index (χ3v) is 7.30. The number of carbonyl (C=O) groups is 4. The molecule has 0 unspecified atom stereocenters. The van der Waals surface area contributed by atoms with Crippen LogP contribution in [-0.4, -0.2) is 40.9 Å². The number of carboxylic acid groups (broad SMARTS) is 1. The highest BCUT2D eigenvalue weighted by Crippen LogP contribution is 2.14. The van der Waals surface area contributed by atoms with Crippen molar-refractivity contribution in [3.8, 4) is 0 Å². The zero-order valence-corrected chi connectivity index (χ0v) is 24.1. The average molecular weight is 546 g/mol. The number of nitrogens with one attached hydrogen (secondary N) is 2. The smallest absolute Gasteiger partial charge is 0.303 e. The second-order valence-electron chi connectivity index (χ2n) is 10.7. The fourth-order valence-electron chi connectivity index (χ4n) is 4.61. The maximum atomic E-state index is 13.0. The number of hydrogen-bond acceptors (Lipinski definition) is 4. The van der Waals surface area contributed by atoms with E-state index in [0.29, 0.717) is 19.3 Å². The summed E-state index contributed by atoms with van der Waals surface area (Å²) in [6.45, 7) is 3.88. The van der Waals surface area contributed by atoms with Crippen LogP contribution in [0.25, 0.3) is 0 Å². The first-order valence-corrected chi connectivity index (χ1v) is 14.9. The molecule has 0 radical (unpaired) electrons. The molecule has 220 valence electrons. The van der Waals surface area contributed by atoms with Gasteiger partial charge in [0.25, 0.3) is 0 Å². The van der Waals surface area contributed by atoms with Gasteiger partial charge in [-0.2, -0.15) is 0 Å². The van der Waals surface area contributed by atoms with Gasteiger partial charge < -0.3 is 21.5 Å². The van der Waals surface area contributed by atoms with E-state index in [2.05, 4.69) is 10.6 Å². The van der Waals surface area contributed by atoms with Crippen LogP contribution in [0.15, 0.2) is 30.3 Å². The highest BCUT2D eigenvalue weighted by atomic mass is 16.4. The van der Waals surface area contributed by atoms with E-state index in [1.165, 1.54) is 32.1 Å². The van der Waals surface area contributed by atoms with E-state index < -0.39 is 24.0 Å². The molecule has 0 fully saturated rings. The number of nitrogens with two attached hydrogens (primary N) is 1. The second kappa shape index (κ2) is 21.0. The van der Waals surface area contributed by atoms with Gasteiger partial charge in [-0.15, -0.1) is 0 Å². The molecule has 0 aliphatic rings. The first-order chi connectivity index (χ1) is 18.7. The third-order valence-electron chi connectivity index (χ3n) is 7.30. The summed E-state index contributed by atoms with van der Waals surface area (Å²) in [5, 5.41) is 14.3. The summed E-state index contributed by atoms with van der Waals surface area (Å²) in [5.41, 5.74) is 6.45. The number of carbonyl (C=O) groups excluding carboxylic acids is 3. The maximum Gasteiger partial charge on any atom is 0.303 e. The van der Waals surface area contributed by atoms with Crippen LogP contribution in [0.3, 0.4) is 0 Å². The Kier molecular flexibility index (Phi) is 18.4. The molecular formula is C31H51N3O5. The van der Waals surface area contributed by atoms with Crippen molar-refractivity contribution in [2.24, 2.45) is 11.7 Å². The molecule has 0 bridgehead atoms. The molecule has 0 aromatic heterocycles. The minimum atomic E-state index is -0.841. The first-order valence-electron chi connectivity index (χ1n) is 14.9. The molecule has 5 N–H and O–H groups in total. The molecule has 0 saturated carbocycles. The van der Waals surface area contributed by atoms with Crippen molar-refractivity contribution in [2.75, 3.05) is 0 Å². The molecule has 3 atom stereocenters. The van der Waals surface area contributed by atoms with E-state index in [4.69, 9.17) is 10.8 Å². The van der Waals surface area contributed by atoms with Gasteiger partial charge in [0.05, 0.1) is 0 Å². The second-order valence-corrected chi connectivity index (χ2v) is 10.7. The Bertz CT molecular complexity index is 846. The summed E-state index contributed by atoms with van der Waals surface area (Å²) >= 11 is 0. The summed E-state index contributed by atoms with van der Waals surface area (Å²) in [5.74, 6) is -1.91. The van der Waals surface area contributed by atoms with Crippen LogP contribution < -0.4 is 16.4 Å². The zero-order chi connectivity index (χ0) is 28.9. The molecule has 0 aliphatic heterocycles. The fourth-order valence-corrected chi connectivity index (χ4v) is 4.61. The SMILES string of the molecule is CC[C@H](C)[C@H](NC(=O)CCCCCCCCCCCCCCC(=O)O)C(=O)N[C@@H](Cc1ccccc1)C(N)=O. The largest absolute Gasteiger partial charge is 0.481 e. The van der Waals surface area contributed by atoms with Gasteiger partial charge >= 0.3 is 5.97 Å². The topological polar surface area (TPSA) is 139 Å². The van der Waals surface area contributed by atoms with Crippen molar-refractivity contribution in [3.63, 3.8) is 0 Å². The van der Waals surface area contributed by atoms with Crippen molar-refractivity contribution in [1.82, 2.24) is 10.6 Å². The Morgan fingerprint density at radius 2 is 1.26 bits per heavy atom. The number of amides is 3. The van der Waals surface area contributed by atoms with Crippen molar-refractivity contribution < 1.29 is 24.3 Å². The lowest BCUT2D eigenvalue weighted by molar-refractivity contribution is -0.137. The Labute approximate surface area is 234 Å². The standard InChI is InChI=1S/C31H51N3O5/c1-3-24(2)29(31(39)33-26(30(32)38)23-25-19-15-14-16-20-25)34-27(35)21-17-12-10-8-6-4-5-7-9-11-13-18-22-28(36)37/h14-16,19-20,24,26,29H,3-13,17-18,21-23H2,1-2H3,(H2,32,38)(H,33,39)(H,34,35)(H,36,37)/t24-,26-,29-/m0/s1. The predicted molar refractivity (Wildman–Crippen MR) is 155 cm³/mol. The lowest BCUT2D eigenvalue weighted by Crippen LogP contribution is -2.55. The number of unbranched alkanes of at least 4 members (excludes halogenated alkanes) is 11. The number of carboxylic acids is 1. The molecule has 3 amide bonds. The van der Waals surface area contributed by atoms with E-state index in [1.807, 2.05) is 44.2 Å². The van der Waals surface area contributed by atoms with Gasteiger partial charge in [0, 0.05) is 19.3 Å². The number of primary amides is 1. The van der Waals surface area contributed by atoms with Crippen molar-refractivity contribution >= 4 is 23.7 Å². The van der Waals surface area contributed by atoms with Gasteiger partial charge in [0.2, 0.25) is 17.7 Å². The molecule has 1 rings (SSSR count). The molecule has 0 heterocycles. The van der Waals surface area contributed by atoms with Crippen LogP contribution in [0.2, 0.25) is 0 Å². The van der Waals surface area contributed by atoms with Crippen molar-refractivity contribution in [2.45, 2.75) is 129 Å². The molecule has 0 saturated heterocycles. The summed E-state index contributed by atoms with van der Waals surface area (Å²) in [7, 11) is 0. The monoisotopic (exact) mass is 545 g/mol. The minimum absolute atomic E-state index is 0.0797. The third kappa shape index (κ3) is 16.6. The predicted octanol–water partition coefficient (Wildman–Crippen LogP) is 5.28.